The third-order valence-electron chi connectivity index (χ3n) is 3.51. The maximum Gasteiger partial charge on any atom is 0.306 e. The summed E-state index contributed by atoms with van der Waals surface area (Å²) in [6.45, 7) is 3.99. The topological polar surface area (TPSA) is 37.3 Å². The van der Waals surface area contributed by atoms with Crippen LogP contribution in [0.25, 0.3) is 0 Å². The molecule has 0 fully saturated rings. The van der Waals surface area contributed by atoms with Crippen LogP contribution >= 0.6 is 0 Å². The molecule has 1 N–H and O–H groups in total. The lowest BCUT2D eigenvalue weighted by Crippen LogP contribution is -2.08. The van der Waals surface area contributed by atoms with Crippen molar-refractivity contribution < 1.29 is 9.90 Å². The Morgan fingerprint density at radius 2 is 1.48 bits per heavy atom. The van der Waals surface area contributed by atoms with Crippen LogP contribution < -0.4 is 0 Å². The van der Waals surface area contributed by atoms with Crippen molar-refractivity contribution in [2.24, 2.45) is 5.92 Å². The first-order valence-corrected chi connectivity index (χ1v) is 8.39. The third-order valence-corrected chi connectivity index (χ3v) is 3.51. The molecule has 0 heterocycles. The largest absolute Gasteiger partial charge is 0.481 e. The van der Waals surface area contributed by atoms with Crippen LogP contribution in [0.1, 0.15) is 71.6 Å². The quantitative estimate of drug-likeness (QED) is 0.338. The summed E-state index contributed by atoms with van der Waals surface area (Å²) < 4.78 is 0. The zero-order valence-corrected chi connectivity index (χ0v) is 13.8. The third kappa shape index (κ3) is 14.9. The van der Waals surface area contributed by atoms with E-state index in [4.69, 9.17) is 5.11 Å². The van der Waals surface area contributed by atoms with E-state index in [-0.39, 0.29) is 5.92 Å². The molecular formula is C19H32O2. The fourth-order valence-corrected chi connectivity index (χ4v) is 1.99. The molecule has 0 rings (SSSR count). The monoisotopic (exact) mass is 292 g/mol. The van der Waals surface area contributed by atoms with Crippen molar-refractivity contribution in [3.63, 3.8) is 0 Å². The predicted octanol–water partition coefficient (Wildman–Crippen LogP) is 5.91. The summed E-state index contributed by atoms with van der Waals surface area (Å²) in [6, 6.07) is 0. The van der Waals surface area contributed by atoms with Gasteiger partial charge in [-0.3, -0.25) is 4.79 Å². The van der Waals surface area contributed by atoms with Gasteiger partial charge in [0.1, 0.15) is 0 Å². The van der Waals surface area contributed by atoms with Crippen molar-refractivity contribution in [3.05, 3.63) is 36.5 Å². The van der Waals surface area contributed by atoms with Gasteiger partial charge in [-0.25, -0.2) is 0 Å². The van der Waals surface area contributed by atoms with E-state index < -0.39 is 5.97 Å². The van der Waals surface area contributed by atoms with E-state index in [1.807, 2.05) is 0 Å². The first-order valence-electron chi connectivity index (χ1n) is 8.39. The molecule has 0 bridgehead atoms. The molecule has 0 saturated carbocycles. The standard InChI is InChI=1S/C19H32O2/c1-3-4-5-6-7-8-9-10-11-12-13-14-15-16-17-18(2)19(20)21/h6-11,18H,3-5,12-17H2,1-2H3,(H,20,21)/b7-6+,9-8+,11-10-. The Morgan fingerprint density at radius 3 is 2.05 bits per heavy atom. The number of carboxylic acids is 1. The van der Waals surface area contributed by atoms with Crippen molar-refractivity contribution in [2.45, 2.75) is 71.6 Å². The molecule has 0 aliphatic rings. The highest BCUT2D eigenvalue weighted by Gasteiger charge is 2.09. The minimum atomic E-state index is -0.673. The molecule has 0 aromatic heterocycles. The molecule has 0 aliphatic heterocycles. The average Bonchev–Trinajstić information content (AvgIpc) is 2.47. The summed E-state index contributed by atoms with van der Waals surface area (Å²) in [4.78, 5) is 10.6. The molecule has 1 unspecified atom stereocenters. The lowest BCUT2D eigenvalue weighted by molar-refractivity contribution is -0.141. The van der Waals surface area contributed by atoms with Gasteiger partial charge in [0.05, 0.1) is 5.92 Å². The second-order valence-corrected chi connectivity index (χ2v) is 5.61. The van der Waals surface area contributed by atoms with Crippen molar-refractivity contribution in [1.82, 2.24) is 0 Å². The molecule has 0 saturated heterocycles. The Bertz CT molecular complexity index is 326. The number of carbonyl (C=O) groups is 1. The van der Waals surface area contributed by atoms with Crippen LogP contribution in [0.4, 0.5) is 0 Å². The first kappa shape index (κ1) is 19.7. The van der Waals surface area contributed by atoms with Gasteiger partial charge in [0, 0.05) is 0 Å². The van der Waals surface area contributed by atoms with Crippen LogP contribution in [0.3, 0.4) is 0 Å². The van der Waals surface area contributed by atoms with Gasteiger partial charge in [-0.1, -0.05) is 82.4 Å². The van der Waals surface area contributed by atoms with E-state index in [0.29, 0.717) is 0 Å². The Morgan fingerprint density at radius 1 is 0.905 bits per heavy atom. The highest BCUT2D eigenvalue weighted by atomic mass is 16.4. The fraction of sp³-hybridized carbons (Fsp3) is 0.632. The number of rotatable bonds is 13. The van der Waals surface area contributed by atoms with Crippen molar-refractivity contribution >= 4 is 5.97 Å². The zero-order valence-electron chi connectivity index (χ0n) is 13.8. The molecule has 0 aromatic rings. The van der Waals surface area contributed by atoms with Crippen LogP contribution in [0.5, 0.6) is 0 Å². The minimum absolute atomic E-state index is 0.194. The summed E-state index contributed by atoms with van der Waals surface area (Å²) in [5.41, 5.74) is 0. The lowest BCUT2D eigenvalue weighted by atomic mass is 10.0. The molecule has 0 aromatic carbocycles. The SMILES string of the molecule is CCCC/C=C/C=C/C=C\CCCCCCC(C)C(=O)O. The number of hydrogen-bond acceptors (Lipinski definition) is 1. The molecule has 0 amide bonds. The van der Waals surface area contributed by atoms with E-state index in [0.717, 1.165) is 25.7 Å². The summed E-state index contributed by atoms with van der Waals surface area (Å²) in [6.07, 6.45) is 23.0. The van der Waals surface area contributed by atoms with Crippen LogP contribution in [0.2, 0.25) is 0 Å². The molecule has 1 atom stereocenters. The van der Waals surface area contributed by atoms with Crippen LogP contribution in [0, 0.1) is 5.92 Å². The molecule has 120 valence electrons. The minimum Gasteiger partial charge on any atom is -0.481 e. The molecule has 0 radical (unpaired) electrons. The van der Waals surface area contributed by atoms with Crippen LogP contribution in [0.15, 0.2) is 36.5 Å². The summed E-state index contributed by atoms with van der Waals surface area (Å²) in [5.74, 6) is -0.867. The average molecular weight is 292 g/mol. The van der Waals surface area contributed by atoms with Gasteiger partial charge in [-0.05, 0) is 25.7 Å². The summed E-state index contributed by atoms with van der Waals surface area (Å²) in [7, 11) is 0. The molecule has 0 aliphatic carbocycles. The zero-order chi connectivity index (χ0) is 15.8. The number of hydrogen-bond donors (Lipinski definition) is 1. The van der Waals surface area contributed by atoms with Gasteiger partial charge in [0.15, 0.2) is 0 Å². The van der Waals surface area contributed by atoms with Gasteiger partial charge in [0.25, 0.3) is 0 Å². The molecule has 2 heteroatoms. The van der Waals surface area contributed by atoms with Gasteiger partial charge < -0.3 is 5.11 Å². The normalized spacial score (nSPS) is 13.6. The van der Waals surface area contributed by atoms with E-state index in [1.54, 1.807) is 6.92 Å². The molecule has 21 heavy (non-hydrogen) atoms. The number of aliphatic carboxylic acids is 1. The van der Waals surface area contributed by atoms with E-state index >= 15 is 0 Å². The molecule has 2 nitrogen and oxygen atoms in total. The second kappa shape index (κ2) is 15.1. The van der Waals surface area contributed by atoms with E-state index in [1.165, 1.54) is 32.1 Å². The number of unbranched alkanes of at least 4 members (excludes halogenated alkanes) is 6. The first-order chi connectivity index (χ1) is 10.2. The molecular weight excluding hydrogens is 260 g/mol. The maximum atomic E-state index is 10.6. The van der Waals surface area contributed by atoms with Crippen molar-refractivity contribution in [3.8, 4) is 0 Å². The predicted molar refractivity (Wildman–Crippen MR) is 91.4 cm³/mol. The van der Waals surface area contributed by atoms with Gasteiger partial charge in [-0.15, -0.1) is 0 Å². The van der Waals surface area contributed by atoms with Crippen molar-refractivity contribution in [2.75, 3.05) is 0 Å². The van der Waals surface area contributed by atoms with E-state index in [9.17, 15) is 4.79 Å². The Balaban J connectivity index is 3.38. The summed E-state index contributed by atoms with van der Waals surface area (Å²) in [5, 5.41) is 8.77. The van der Waals surface area contributed by atoms with E-state index in [2.05, 4.69) is 43.4 Å². The lowest BCUT2D eigenvalue weighted by Gasteiger charge is -2.04. The molecule has 0 spiro atoms. The van der Waals surface area contributed by atoms with Gasteiger partial charge in [0.2, 0.25) is 0 Å². The van der Waals surface area contributed by atoms with Gasteiger partial charge in [-0.2, -0.15) is 0 Å². The fourth-order valence-electron chi connectivity index (χ4n) is 1.99. The Labute approximate surface area is 130 Å². The van der Waals surface area contributed by atoms with Gasteiger partial charge >= 0.3 is 5.97 Å². The van der Waals surface area contributed by atoms with Crippen LogP contribution in [-0.2, 0) is 4.79 Å². The second-order valence-electron chi connectivity index (χ2n) is 5.61. The Hall–Kier alpha value is -1.31. The Kier molecular flexibility index (Phi) is 14.1. The number of carboxylic acid groups (broad SMARTS) is 1. The highest BCUT2D eigenvalue weighted by molar-refractivity contribution is 5.69. The summed E-state index contributed by atoms with van der Waals surface area (Å²) >= 11 is 0. The highest BCUT2D eigenvalue weighted by Crippen LogP contribution is 2.11. The smallest absolute Gasteiger partial charge is 0.306 e. The van der Waals surface area contributed by atoms with Crippen molar-refractivity contribution in [1.29, 1.82) is 0 Å². The number of allylic oxidation sites excluding steroid dienone is 6. The maximum absolute atomic E-state index is 10.6. The van der Waals surface area contributed by atoms with Crippen LogP contribution in [-0.4, -0.2) is 11.1 Å².